The number of hydrazone groups is 1. The Bertz CT molecular complexity index is 1130. The summed E-state index contributed by atoms with van der Waals surface area (Å²) in [5.41, 5.74) is 7.64. The van der Waals surface area contributed by atoms with E-state index in [1.165, 1.54) is 16.5 Å². The van der Waals surface area contributed by atoms with E-state index < -0.39 is 0 Å². The van der Waals surface area contributed by atoms with Gasteiger partial charge in [-0.15, -0.1) is 0 Å². The number of hydrogen-bond donors (Lipinski definition) is 1. The second-order valence-electron chi connectivity index (χ2n) is 6.76. The normalized spacial score (nSPS) is 11.2. The molecule has 3 aromatic carbocycles. The van der Waals surface area contributed by atoms with Crippen LogP contribution in [0, 0.1) is 0 Å². The van der Waals surface area contributed by atoms with Crippen LogP contribution in [0.5, 0.6) is 5.75 Å². The van der Waals surface area contributed by atoms with Gasteiger partial charge in [-0.25, -0.2) is 0 Å². The van der Waals surface area contributed by atoms with Crippen molar-refractivity contribution < 1.29 is 4.74 Å². The third-order valence-corrected chi connectivity index (χ3v) is 5.09. The van der Waals surface area contributed by atoms with Gasteiger partial charge in [0.1, 0.15) is 5.75 Å². The first-order chi connectivity index (χ1) is 14.2. The van der Waals surface area contributed by atoms with Crippen molar-refractivity contribution in [3.05, 3.63) is 101 Å². The van der Waals surface area contributed by atoms with Crippen LogP contribution in [0.1, 0.15) is 16.7 Å². The van der Waals surface area contributed by atoms with Gasteiger partial charge in [0, 0.05) is 39.8 Å². The third kappa shape index (κ3) is 4.44. The molecule has 0 bridgehead atoms. The monoisotopic (exact) mass is 403 g/mol. The lowest BCUT2D eigenvalue weighted by atomic mass is 10.2. The van der Waals surface area contributed by atoms with E-state index in [2.05, 4.69) is 57.7 Å². The molecule has 29 heavy (non-hydrogen) atoms. The summed E-state index contributed by atoms with van der Waals surface area (Å²) < 4.78 is 7.62. The Labute approximate surface area is 175 Å². The minimum absolute atomic E-state index is 0.601. The molecule has 0 aliphatic heterocycles. The number of halogens is 1. The summed E-state index contributed by atoms with van der Waals surface area (Å²) >= 11 is 6.01. The first kappa shape index (κ1) is 19.1. The molecule has 4 aromatic rings. The highest BCUT2D eigenvalue weighted by Crippen LogP contribution is 2.22. The SMILES string of the molecule is COc1ccccc1CN/N=C\c1cn(Cc2ccc(Cl)cc2)c2ccccc12. The summed E-state index contributed by atoms with van der Waals surface area (Å²) in [4.78, 5) is 0. The highest BCUT2D eigenvalue weighted by Gasteiger charge is 2.07. The van der Waals surface area contributed by atoms with Crippen molar-refractivity contribution in [1.82, 2.24) is 9.99 Å². The second-order valence-corrected chi connectivity index (χ2v) is 7.20. The number of nitrogens with zero attached hydrogens (tertiary/aromatic N) is 2. The van der Waals surface area contributed by atoms with Gasteiger partial charge in [0.25, 0.3) is 0 Å². The number of ether oxygens (including phenoxy) is 1. The van der Waals surface area contributed by atoms with Crippen LogP contribution >= 0.6 is 11.6 Å². The van der Waals surface area contributed by atoms with Gasteiger partial charge in [-0.2, -0.15) is 5.10 Å². The van der Waals surface area contributed by atoms with Crippen LogP contribution in [0.25, 0.3) is 10.9 Å². The molecule has 0 aliphatic rings. The minimum atomic E-state index is 0.601. The summed E-state index contributed by atoms with van der Waals surface area (Å²) in [6.45, 7) is 1.38. The molecular formula is C24H22ClN3O. The molecule has 0 fully saturated rings. The van der Waals surface area contributed by atoms with Gasteiger partial charge in [0.15, 0.2) is 0 Å². The van der Waals surface area contributed by atoms with Crippen molar-refractivity contribution >= 4 is 28.7 Å². The Morgan fingerprint density at radius 2 is 1.76 bits per heavy atom. The van der Waals surface area contributed by atoms with Gasteiger partial charge in [0.2, 0.25) is 0 Å². The summed E-state index contributed by atoms with van der Waals surface area (Å²) in [5.74, 6) is 0.856. The summed E-state index contributed by atoms with van der Waals surface area (Å²) in [7, 11) is 1.68. The molecule has 0 spiro atoms. The van der Waals surface area contributed by atoms with Crippen LogP contribution in [-0.4, -0.2) is 17.9 Å². The number of rotatable bonds is 7. The van der Waals surface area contributed by atoms with Crippen LogP contribution in [0.4, 0.5) is 0 Å². The Morgan fingerprint density at radius 1 is 1.00 bits per heavy atom. The van der Waals surface area contributed by atoms with E-state index in [0.29, 0.717) is 6.54 Å². The summed E-state index contributed by atoms with van der Waals surface area (Å²) in [6.07, 6.45) is 4.00. The maximum atomic E-state index is 6.01. The zero-order chi connectivity index (χ0) is 20.1. The fourth-order valence-corrected chi connectivity index (χ4v) is 3.52. The number of benzene rings is 3. The predicted molar refractivity (Wildman–Crippen MR) is 120 cm³/mol. The molecule has 0 aliphatic carbocycles. The van der Waals surface area contributed by atoms with Gasteiger partial charge >= 0.3 is 0 Å². The van der Waals surface area contributed by atoms with E-state index in [-0.39, 0.29) is 0 Å². The molecule has 0 amide bonds. The fraction of sp³-hybridized carbons (Fsp3) is 0.125. The quantitative estimate of drug-likeness (QED) is 0.328. The minimum Gasteiger partial charge on any atom is -0.496 e. The number of para-hydroxylation sites is 2. The number of aromatic nitrogens is 1. The first-order valence-electron chi connectivity index (χ1n) is 9.45. The predicted octanol–water partition coefficient (Wildman–Crippen LogP) is 5.48. The van der Waals surface area contributed by atoms with Gasteiger partial charge in [0.05, 0.1) is 19.9 Å². The standard InChI is InChI=1S/C24H22ClN3O/c1-29-24-9-5-2-6-19(24)14-26-27-15-20-17-28(23-8-4-3-7-22(20)23)16-18-10-12-21(25)13-11-18/h2-13,15,17,26H,14,16H2,1H3/b27-15-. The molecule has 1 N–H and O–H groups in total. The van der Waals surface area contributed by atoms with Crippen molar-refractivity contribution in [3.8, 4) is 5.75 Å². The van der Waals surface area contributed by atoms with Gasteiger partial charge in [-0.1, -0.05) is 60.1 Å². The number of fused-ring (bicyclic) bond motifs is 1. The lowest BCUT2D eigenvalue weighted by Gasteiger charge is -2.07. The Balaban J connectivity index is 1.53. The van der Waals surface area contributed by atoms with Crippen molar-refractivity contribution in [2.45, 2.75) is 13.1 Å². The molecule has 0 unspecified atom stereocenters. The van der Waals surface area contributed by atoms with Crippen LogP contribution < -0.4 is 10.2 Å². The molecule has 0 atom stereocenters. The Kier molecular flexibility index (Phi) is 5.82. The number of hydrogen-bond acceptors (Lipinski definition) is 3. The Hall–Kier alpha value is -3.24. The maximum Gasteiger partial charge on any atom is 0.123 e. The average Bonchev–Trinajstić information content (AvgIpc) is 3.10. The number of nitrogens with one attached hydrogen (secondary N) is 1. The topological polar surface area (TPSA) is 38.5 Å². The van der Waals surface area contributed by atoms with Crippen LogP contribution in [0.15, 0.2) is 84.1 Å². The van der Waals surface area contributed by atoms with Gasteiger partial charge < -0.3 is 14.7 Å². The lowest BCUT2D eigenvalue weighted by molar-refractivity contribution is 0.408. The first-order valence-corrected chi connectivity index (χ1v) is 9.82. The van der Waals surface area contributed by atoms with Crippen LogP contribution in [-0.2, 0) is 13.1 Å². The van der Waals surface area contributed by atoms with Crippen LogP contribution in [0.2, 0.25) is 5.02 Å². The zero-order valence-electron chi connectivity index (χ0n) is 16.2. The smallest absolute Gasteiger partial charge is 0.123 e. The molecule has 1 aromatic heterocycles. The molecule has 146 valence electrons. The summed E-state index contributed by atoms with van der Waals surface area (Å²) in [6, 6.07) is 24.2. The second kappa shape index (κ2) is 8.84. The average molecular weight is 404 g/mol. The van der Waals surface area contributed by atoms with E-state index >= 15 is 0 Å². The van der Waals surface area contributed by atoms with Crippen LogP contribution in [0.3, 0.4) is 0 Å². The molecular weight excluding hydrogens is 382 g/mol. The van der Waals surface area contributed by atoms with E-state index in [1.807, 2.05) is 42.6 Å². The molecule has 0 saturated heterocycles. The van der Waals surface area contributed by atoms with E-state index in [9.17, 15) is 0 Å². The molecule has 1 heterocycles. The molecule has 4 nitrogen and oxygen atoms in total. The fourth-order valence-electron chi connectivity index (χ4n) is 3.39. The highest BCUT2D eigenvalue weighted by atomic mass is 35.5. The zero-order valence-corrected chi connectivity index (χ0v) is 16.9. The van der Waals surface area contributed by atoms with Crippen molar-refractivity contribution in [2.24, 2.45) is 5.10 Å². The van der Waals surface area contributed by atoms with E-state index in [4.69, 9.17) is 16.3 Å². The van der Waals surface area contributed by atoms with E-state index in [1.54, 1.807) is 7.11 Å². The van der Waals surface area contributed by atoms with Gasteiger partial charge in [-0.3, -0.25) is 0 Å². The van der Waals surface area contributed by atoms with Crippen molar-refractivity contribution in [2.75, 3.05) is 7.11 Å². The molecule has 4 rings (SSSR count). The molecule has 5 heteroatoms. The Morgan fingerprint density at radius 3 is 2.59 bits per heavy atom. The van der Waals surface area contributed by atoms with Crippen molar-refractivity contribution in [3.63, 3.8) is 0 Å². The van der Waals surface area contributed by atoms with Crippen molar-refractivity contribution in [1.29, 1.82) is 0 Å². The summed E-state index contributed by atoms with van der Waals surface area (Å²) in [5, 5.41) is 6.35. The molecule has 0 saturated carbocycles. The maximum absolute atomic E-state index is 6.01. The van der Waals surface area contributed by atoms with Gasteiger partial charge in [-0.05, 0) is 29.8 Å². The third-order valence-electron chi connectivity index (χ3n) is 4.84. The lowest BCUT2D eigenvalue weighted by Crippen LogP contribution is -2.06. The molecule has 0 radical (unpaired) electrons. The highest BCUT2D eigenvalue weighted by molar-refractivity contribution is 6.30. The van der Waals surface area contributed by atoms with E-state index in [0.717, 1.165) is 28.4 Å². The number of methoxy groups -OCH3 is 1. The largest absolute Gasteiger partial charge is 0.496 e.